The topological polar surface area (TPSA) is 49.9 Å². The summed E-state index contributed by atoms with van der Waals surface area (Å²) in [5, 5.41) is 0. The molecule has 2 aromatic rings. The van der Waals surface area contributed by atoms with E-state index in [1.165, 1.54) is 9.87 Å². The summed E-state index contributed by atoms with van der Waals surface area (Å²) in [5.74, 6) is 0.180. The van der Waals surface area contributed by atoms with Gasteiger partial charge in [-0.15, -0.1) is 0 Å². The lowest BCUT2D eigenvalue weighted by Gasteiger charge is -2.34. The minimum Gasteiger partial charge on any atom is -0.358 e. The molecule has 178 valence electrons. The van der Waals surface area contributed by atoms with Crippen LogP contribution in [0.1, 0.15) is 56.0 Å². The Bertz CT molecular complexity index is 1110. The van der Waals surface area contributed by atoms with Crippen molar-refractivity contribution in [1.29, 1.82) is 0 Å². The fraction of sp³-hybridized carbons (Fsp3) is 0.462. The average Bonchev–Trinajstić information content (AvgIpc) is 3.07. The lowest BCUT2D eigenvalue weighted by molar-refractivity contribution is 0.0189. The summed E-state index contributed by atoms with van der Waals surface area (Å²) < 4.78 is 35.4. The quantitative estimate of drug-likeness (QED) is 0.387. The van der Waals surface area contributed by atoms with Gasteiger partial charge in [0.1, 0.15) is 6.23 Å². The van der Waals surface area contributed by atoms with Gasteiger partial charge in [-0.3, -0.25) is 4.31 Å². The minimum absolute atomic E-state index is 0.0527. The molecule has 4 rings (SSSR count). The van der Waals surface area contributed by atoms with Crippen molar-refractivity contribution in [2.24, 2.45) is 5.92 Å². The van der Waals surface area contributed by atoms with Gasteiger partial charge in [0.2, 0.25) is 0 Å². The summed E-state index contributed by atoms with van der Waals surface area (Å²) in [4.78, 5) is 2.32. The van der Waals surface area contributed by atoms with Gasteiger partial charge in [0.05, 0.1) is 15.4 Å². The Balaban J connectivity index is 1.75. The van der Waals surface area contributed by atoms with Crippen LogP contribution < -0.4 is 9.21 Å². The number of benzene rings is 2. The first kappa shape index (κ1) is 24.3. The van der Waals surface area contributed by atoms with E-state index in [-0.39, 0.29) is 21.9 Å². The summed E-state index contributed by atoms with van der Waals surface area (Å²) in [7, 11) is -3.76. The van der Waals surface area contributed by atoms with Crippen molar-refractivity contribution < 1.29 is 13.2 Å². The predicted molar refractivity (Wildman–Crippen MR) is 139 cm³/mol. The molecule has 7 heteroatoms. The second-order valence-corrected chi connectivity index (χ2v) is 12.0. The molecule has 5 nitrogen and oxygen atoms in total. The Morgan fingerprint density at radius 2 is 1.91 bits per heavy atom. The zero-order chi connectivity index (χ0) is 23.8. The van der Waals surface area contributed by atoms with E-state index in [1.54, 1.807) is 12.1 Å². The van der Waals surface area contributed by atoms with E-state index >= 15 is 0 Å². The molecule has 0 amide bonds. The number of rotatable bonds is 7. The second-order valence-electron chi connectivity index (χ2n) is 9.22. The Morgan fingerprint density at radius 3 is 2.52 bits per heavy atom. The van der Waals surface area contributed by atoms with Crippen LogP contribution in [0, 0.1) is 5.92 Å². The maximum Gasteiger partial charge on any atom is 0.264 e. The summed E-state index contributed by atoms with van der Waals surface area (Å²) in [5.41, 5.74) is 4.65. The third kappa shape index (κ3) is 4.73. The number of hydrogen-bond donors (Lipinski definition) is 0. The van der Waals surface area contributed by atoms with Gasteiger partial charge in [-0.1, -0.05) is 61.5 Å². The Morgan fingerprint density at radius 1 is 1.18 bits per heavy atom. The first-order valence-corrected chi connectivity index (χ1v) is 14.1. The van der Waals surface area contributed by atoms with Crippen LogP contribution in [-0.2, 0) is 21.2 Å². The van der Waals surface area contributed by atoms with Crippen molar-refractivity contribution >= 4 is 37.3 Å². The van der Waals surface area contributed by atoms with E-state index in [0.29, 0.717) is 18.8 Å². The number of sulfonamides is 1. The van der Waals surface area contributed by atoms with Crippen molar-refractivity contribution in [3.8, 4) is 0 Å². The fourth-order valence-electron chi connectivity index (χ4n) is 4.53. The van der Waals surface area contributed by atoms with Gasteiger partial charge in [0, 0.05) is 24.5 Å². The largest absolute Gasteiger partial charge is 0.358 e. The summed E-state index contributed by atoms with van der Waals surface area (Å²) >= 11 is 3.74. The molecule has 0 N–H and O–H groups in total. The first-order valence-electron chi connectivity index (χ1n) is 11.7. The Kier molecular flexibility index (Phi) is 7.22. The fourth-order valence-corrected chi connectivity index (χ4v) is 6.79. The third-order valence-electron chi connectivity index (χ3n) is 6.33. The molecule has 0 spiro atoms. The van der Waals surface area contributed by atoms with E-state index in [4.69, 9.17) is 4.74 Å². The number of aryl methyl sites for hydroxylation is 1. The number of alkyl halides is 1. The van der Waals surface area contributed by atoms with Gasteiger partial charge < -0.3 is 9.64 Å². The summed E-state index contributed by atoms with van der Waals surface area (Å²) in [6.45, 7) is 11.6. The number of allylic oxidation sites excluding steroid dienone is 1. The van der Waals surface area contributed by atoms with E-state index < -0.39 is 10.0 Å². The van der Waals surface area contributed by atoms with Crippen LogP contribution in [0.25, 0.3) is 0 Å². The van der Waals surface area contributed by atoms with Crippen LogP contribution in [0.2, 0.25) is 0 Å². The molecule has 2 aliphatic rings. The molecular formula is C26H33BrN2O3S. The van der Waals surface area contributed by atoms with Crippen molar-refractivity contribution in [1.82, 2.24) is 0 Å². The number of halogens is 1. The highest BCUT2D eigenvalue weighted by atomic mass is 79.9. The zero-order valence-electron chi connectivity index (χ0n) is 19.6. The van der Waals surface area contributed by atoms with Gasteiger partial charge in [-0.05, 0) is 67.0 Å². The molecule has 2 heterocycles. The Labute approximate surface area is 206 Å². The van der Waals surface area contributed by atoms with E-state index in [1.807, 2.05) is 44.2 Å². The van der Waals surface area contributed by atoms with Crippen molar-refractivity contribution in [2.75, 3.05) is 22.4 Å². The lowest BCUT2D eigenvalue weighted by atomic mass is 10.1. The van der Waals surface area contributed by atoms with Gasteiger partial charge in [0.15, 0.2) is 0 Å². The van der Waals surface area contributed by atoms with E-state index in [0.717, 1.165) is 42.6 Å². The molecule has 2 unspecified atom stereocenters. The van der Waals surface area contributed by atoms with Crippen molar-refractivity contribution in [3.63, 3.8) is 0 Å². The number of hydrogen-bond acceptors (Lipinski definition) is 4. The van der Waals surface area contributed by atoms with Gasteiger partial charge >= 0.3 is 0 Å². The van der Waals surface area contributed by atoms with Crippen LogP contribution in [0.5, 0.6) is 0 Å². The van der Waals surface area contributed by atoms with Gasteiger partial charge in [-0.25, -0.2) is 8.42 Å². The average molecular weight is 534 g/mol. The number of anilines is 2. The SMILES string of the molecule is C=C1C(Br)c2ccc(S(=O)(=O)N(CC(C)C)c3ccc(CC)cc3)cc2N1C1CCCCO1. The van der Waals surface area contributed by atoms with Crippen LogP contribution in [0.3, 0.4) is 0 Å². The molecular weight excluding hydrogens is 500 g/mol. The van der Waals surface area contributed by atoms with Gasteiger partial charge in [-0.2, -0.15) is 0 Å². The maximum absolute atomic E-state index is 13.9. The monoisotopic (exact) mass is 532 g/mol. The molecule has 0 radical (unpaired) electrons. The van der Waals surface area contributed by atoms with Crippen molar-refractivity contribution in [2.45, 2.75) is 62.4 Å². The lowest BCUT2D eigenvalue weighted by Crippen LogP contribution is -2.37. The molecule has 33 heavy (non-hydrogen) atoms. The molecule has 1 saturated heterocycles. The standard InChI is InChI=1S/C26H33BrN2O3S/c1-5-20-9-11-21(12-10-20)28(17-18(2)3)33(30,31)22-13-14-23-24(16-22)29(19(4)26(23)27)25-8-6-7-15-32-25/h9-14,16,18,25-26H,4-8,15,17H2,1-3H3. The molecule has 0 aromatic heterocycles. The highest BCUT2D eigenvalue weighted by Crippen LogP contribution is 2.49. The van der Waals surface area contributed by atoms with E-state index in [9.17, 15) is 8.42 Å². The number of nitrogens with zero attached hydrogens (tertiary/aromatic N) is 2. The molecule has 2 aromatic carbocycles. The third-order valence-corrected chi connectivity index (χ3v) is 9.14. The molecule has 0 bridgehead atoms. The van der Waals surface area contributed by atoms with Crippen LogP contribution in [0.15, 0.2) is 59.6 Å². The summed E-state index contributed by atoms with van der Waals surface area (Å²) in [6.07, 6.45) is 3.84. The van der Waals surface area contributed by atoms with Crippen LogP contribution in [-0.4, -0.2) is 27.8 Å². The van der Waals surface area contributed by atoms with Crippen LogP contribution >= 0.6 is 15.9 Å². The normalized spacial score (nSPS) is 20.9. The van der Waals surface area contributed by atoms with Crippen molar-refractivity contribution in [3.05, 3.63) is 65.9 Å². The smallest absolute Gasteiger partial charge is 0.264 e. The van der Waals surface area contributed by atoms with Crippen LogP contribution in [0.4, 0.5) is 11.4 Å². The Hall–Kier alpha value is -1.83. The predicted octanol–water partition coefficient (Wildman–Crippen LogP) is 6.40. The minimum atomic E-state index is -3.76. The second kappa shape index (κ2) is 9.80. The number of fused-ring (bicyclic) bond motifs is 1. The van der Waals surface area contributed by atoms with E-state index in [2.05, 4.69) is 34.3 Å². The molecule has 2 aliphatic heterocycles. The molecule has 2 atom stereocenters. The molecule has 0 saturated carbocycles. The highest BCUT2D eigenvalue weighted by molar-refractivity contribution is 9.09. The first-order chi connectivity index (χ1) is 15.7. The zero-order valence-corrected chi connectivity index (χ0v) is 22.0. The summed E-state index contributed by atoms with van der Waals surface area (Å²) in [6, 6.07) is 13.2. The van der Waals surface area contributed by atoms with Gasteiger partial charge in [0.25, 0.3) is 10.0 Å². The maximum atomic E-state index is 13.9. The highest BCUT2D eigenvalue weighted by Gasteiger charge is 2.38. The molecule has 0 aliphatic carbocycles. The molecule has 1 fully saturated rings. The number of ether oxygens (including phenoxy) is 1.